The van der Waals surface area contributed by atoms with E-state index in [0.717, 1.165) is 16.9 Å². The second kappa shape index (κ2) is 10.1. The second-order valence-electron chi connectivity index (χ2n) is 7.30. The van der Waals surface area contributed by atoms with Gasteiger partial charge in [0, 0.05) is 47.3 Å². The van der Waals surface area contributed by atoms with Crippen molar-refractivity contribution in [2.45, 2.75) is 18.7 Å². The van der Waals surface area contributed by atoms with Crippen LogP contribution in [0.4, 0.5) is 5.69 Å². The Morgan fingerprint density at radius 2 is 1.88 bits per heavy atom. The van der Waals surface area contributed by atoms with Crippen LogP contribution in [0.3, 0.4) is 0 Å². The summed E-state index contributed by atoms with van der Waals surface area (Å²) >= 11 is 0. The molecule has 0 radical (unpaired) electrons. The fourth-order valence-corrected chi connectivity index (χ4v) is 4.15. The van der Waals surface area contributed by atoms with Gasteiger partial charge in [-0.1, -0.05) is 17.9 Å². The SMILES string of the molecule is COc1ccc(C#Cc2cncc(C(=O)N=S(C)(=O)c3cccc(NC(C)=O)c3)c2)c(C)c1. The number of amides is 2. The lowest BCUT2D eigenvalue weighted by Crippen LogP contribution is -2.08. The van der Waals surface area contributed by atoms with Crippen molar-refractivity contribution < 1.29 is 18.5 Å². The summed E-state index contributed by atoms with van der Waals surface area (Å²) in [7, 11) is -1.44. The Morgan fingerprint density at radius 1 is 1.09 bits per heavy atom. The molecule has 1 heterocycles. The number of nitrogens with zero attached hydrogens (tertiary/aromatic N) is 2. The van der Waals surface area contributed by atoms with Gasteiger partial charge in [-0.2, -0.15) is 4.36 Å². The van der Waals surface area contributed by atoms with E-state index < -0.39 is 15.6 Å². The van der Waals surface area contributed by atoms with Crippen molar-refractivity contribution >= 4 is 27.2 Å². The molecule has 1 aromatic heterocycles. The summed E-state index contributed by atoms with van der Waals surface area (Å²) in [5.41, 5.74) is 2.98. The van der Waals surface area contributed by atoms with Gasteiger partial charge < -0.3 is 10.1 Å². The monoisotopic (exact) mass is 461 g/mol. The summed E-state index contributed by atoms with van der Waals surface area (Å²) in [4.78, 5) is 28.4. The van der Waals surface area contributed by atoms with Crippen LogP contribution in [0, 0.1) is 18.8 Å². The predicted molar refractivity (Wildman–Crippen MR) is 128 cm³/mol. The average Bonchev–Trinajstić information content (AvgIpc) is 2.78. The molecule has 7 nitrogen and oxygen atoms in total. The Kier molecular flexibility index (Phi) is 7.26. The van der Waals surface area contributed by atoms with E-state index in [4.69, 9.17) is 4.74 Å². The molecular weight excluding hydrogens is 438 g/mol. The molecule has 33 heavy (non-hydrogen) atoms. The van der Waals surface area contributed by atoms with Gasteiger partial charge in [0.05, 0.1) is 22.4 Å². The minimum Gasteiger partial charge on any atom is -0.497 e. The Hall–Kier alpha value is -3.96. The van der Waals surface area contributed by atoms with Crippen LogP contribution in [0.25, 0.3) is 0 Å². The molecule has 8 heteroatoms. The molecule has 0 saturated heterocycles. The number of hydrogen-bond acceptors (Lipinski definition) is 5. The molecule has 0 aliphatic rings. The summed E-state index contributed by atoms with van der Waals surface area (Å²) in [6.45, 7) is 3.31. The zero-order valence-corrected chi connectivity index (χ0v) is 19.5. The maximum Gasteiger partial charge on any atom is 0.286 e. The molecular formula is C25H23N3O4S. The first-order valence-corrected chi connectivity index (χ1v) is 11.9. The van der Waals surface area contributed by atoms with E-state index in [0.29, 0.717) is 16.1 Å². The maximum absolute atomic E-state index is 13.1. The van der Waals surface area contributed by atoms with E-state index in [2.05, 4.69) is 26.5 Å². The van der Waals surface area contributed by atoms with Gasteiger partial charge in [0.1, 0.15) is 5.75 Å². The third-order valence-corrected chi connectivity index (χ3v) is 6.25. The first kappa shape index (κ1) is 23.7. The summed E-state index contributed by atoms with van der Waals surface area (Å²) in [6.07, 6.45) is 4.28. The number of benzene rings is 2. The number of carbonyl (C=O) groups excluding carboxylic acids is 2. The highest BCUT2D eigenvalue weighted by Gasteiger charge is 2.13. The summed E-state index contributed by atoms with van der Waals surface area (Å²) in [6, 6.07) is 13.6. The van der Waals surface area contributed by atoms with Crippen LogP contribution in [0.1, 0.15) is 34.0 Å². The van der Waals surface area contributed by atoms with E-state index in [1.165, 1.54) is 25.4 Å². The second-order valence-corrected chi connectivity index (χ2v) is 9.56. The molecule has 1 atom stereocenters. The van der Waals surface area contributed by atoms with Gasteiger partial charge in [-0.05, 0) is 55.0 Å². The number of hydrogen-bond donors (Lipinski definition) is 1. The van der Waals surface area contributed by atoms with Gasteiger partial charge in [-0.25, -0.2) is 4.21 Å². The fraction of sp³-hybridized carbons (Fsp3) is 0.160. The summed E-state index contributed by atoms with van der Waals surface area (Å²) in [5, 5.41) is 2.62. The van der Waals surface area contributed by atoms with Gasteiger partial charge in [-0.3, -0.25) is 14.6 Å². The molecule has 2 amide bonds. The number of carbonyl (C=O) groups is 2. The van der Waals surface area contributed by atoms with Crippen LogP contribution in [-0.4, -0.2) is 34.4 Å². The van der Waals surface area contributed by atoms with Crippen molar-refractivity contribution in [1.29, 1.82) is 0 Å². The minimum absolute atomic E-state index is 0.181. The third kappa shape index (κ3) is 6.28. The lowest BCUT2D eigenvalue weighted by atomic mass is 10.1. The Labute approximate surface area is 193 Å². The summed E-state index contributed by atoms with van der Waals surface area (Å²) in [5.74, 6) is 5.89. The van der Waals surface area contributed by atoms with Crippen molar-refractivity contribution in [1.82, 2.24) is 4.98 Å². The van der Waals surface area contributed by atoms with Crippen molar-refractivity contribution in [3.05, 3.63) is 83.2 Å². The quantitative estimate of drug-likeness (QED) is 0.591. The Balaban J connectivity index is 1.87. The van der Waals surface area contributed by atoms with E-state index in [1.807, 2.05) is 25.1 Å². The number of aryl methyl sites for hydroxylation is 1. The zero-order chi connectivity index (χ0) is 24.0. The van der Waals surface area contributed by atoms with Crippen molar-refractivity contribution in [3.8, 4) is 17.6 Å². The lowest BCUT2D eigenvalue weighted by Gasteiger charge is -2.07. The first-order valence-electron chi connectivity index (χ1n) is 9.94. The molecule has 168 valence electrons. The highest BCUT2D eigenvalue weighted by Crippen LogP contribution is 2.19. The minimum atomic E-state index is -3.05. The van der Waals surface area contributed by atoms with Gasteiger partial charge in [-0.15, -0.1) is 0 Å². The number of aromatic nitrogens is 1. The first-order chi connectivity index (χ1) is 15.7. The van der Waals surface area contributed by atoms with Gasteiger partial charge in [0.15, 0.2) is 0 Å². The molecule has 0 fully saturated rings. The highest BCUT2D eigenvalue weighted by molar-refractivity contribution is 7.93. The van der Waals surface area contributed by atoms with Gasteiger partial charge >= 0.3 is 0 Å². The molecule has 2 aromatic carbocycles. The van der Waals surface area contributed by atoms with Gasteiger partial charge in [0.2, 0.25) is 5.91 Å². The average molecular weight is 462 g/mol. The van der Waals surface area contributed by atoms with Crippen LogP contribution in [0.5, 0.6) is 5.75 Å². The van der Waals surface area contributed by atoms with Crippen molar-refractivity contribution in [2.75, 3.05) is 18.7 Å². The maximum atomic E-state index is 13.1. The fourth-order valence-electron chi connectivity index (χ4n) is 2.94. The molecule has 1 unspecified atom stereocenters. The highest BCUT2D eigenvalue weighted by atomic mass is 32.2. The summed E-state index contributed by atoms with van der Waals surface area (Å²) < 4.78 is 22.3. The molecule has 3 rings (SSSR count). The molecule has 0 bridgehead atoms. The number of nitrogens with one attached hydrogen (secondary N) is 1. The van der Waals surface area contributed by atoms with E-state index in [-0.39, 0.29) is 11.5 Å². The van der Waals surface area contributed by atoms with Crippen LogP contribution in [-0.2, 0) is 14.5 Å². The smallest absolute Gasteiger partial charge is 0.286 e. The molecule has 0 saturated carbocycles. The number of anilines is 1. The van der Waals surface area contributed by atoms with Crippen molar-refractivity contribution in [3.63, 3.8) is 0 Å². The van der Waals surface area contributed by atoms with E-state index >= 15 is 0 Å². The number of ether oxygens (including phenoxy) is 1. The Bertz CT molecular complexity index is 1410. The third-order valence-electron chi connectivity index (χ3n) is 4.61. The normalized spacial score (nSPS) is 12.0. The van der Waals surface area contributed by atoms with E-state index in [9.17, 15) is 13.8 Å². The number of pyridine rings is 1. The van der Waals surface area contributed by atoms with Crippen LogP contribution in [0.2, 0.25) is 0 Å². The van der Waals surface area contributed by atoms with E-state index in [1.54, 1.807) is 37.6 Å². The molecule has 0 aliphatic heterocycles. The molecule has 1 N–H and O–H groups in total. The molecule has 3 aromatic rings. The standard InChI is InChI=1S/C25H23N3O4S/c1-17-12-23(32-3)11-10-20(17)9-8-19-13-21(16-26-15-19)25(30)28-33(4,31)24-7-5-6-22(14-24)27-18(2)29/h5-7,10-16H,1-4H3,(H,27,29). The lowest BCUT2D eigenvalue weighted by molar-refractivity contribution is -0.114. The largest absolute Gasteiger partial charge is 0.497 e. The van der Waals surface area contributed by atoms with Crippen molar-refractivity contribution in [2.24, 2.45) is 4.36 Å². The Morgan fingerprint density at radius 3 is 2.58 bits per heavy atom. The number of rotatable bonds is 4. The van der Waals surface area contributed by atoms with Crippen LogP contribution < -0.4 is 10.1 Å². The molecule has 0 aliphatic carbocycles. The molecule has 0 spiro atoms. The van der Waals surface area contributed by atoms with Crippen LogP contribution in [0.15, 0.2) is 70.2 Å². The topological polar surface area (TPSA) is 97.7 Å². The van der Waals surface area contributed by atoms with Crippen LogP contribution >= 0.6 is 0 Å². The zero-order valence-electron chi connectivity index (χ0n) is 18.7. The van der Waals surface area contributed by atoms with Gasteiger partial charge in [0.25, 0.3) is 5.91 Å². The number of methoxy groups -OCH3 is 1. The predicted octanol–water partition coefficient (Wildman–Crippen LogP) is 4.05.